The van der Waals surface area contributed by atoms with Crippen molar-refractivity contribution in [1.29, 1.82) is 0 Å². The molecule has 246 valence electrons. The van der Waals surface area contributed by atoms with Crippen molar-refractivity contribution < 1.29 is 22.7 Å². The summed E-state index contributed by atoms with van der Waals surface area (Å²) in [6.45, 7) is 0.900. The van der Waals surface area contributed by atoms with Crippen LogP contribution < -0.4 is 4.74 Å². The van der Waals surface area contributed by atoms with Crippen LogP contribution in [-0.2, 0) is 34.7 Å². The van der Waals surface area contributed by atoms with Gasteiger partial charge in [0.2, 0.25) is 0 Å². The zero-order chi connectivity index (χ0) is 34.1. The minimum absolute atomic E-state index is 0.135. The minimum Gasteiger partial charge on any atom is -0.489 e. The van der Waals surface area contributed by atoms with Gasteiger partial charge in [-0.05, 0) is 59.7 Å². The van der Waals surface area contributed by atoms with Crippen molar-refractivity contribution in [2.45, 2.75) is 24.8 Å². The predicted molar refractivity (Wildman–Crippen MR) is 194 cm³/mol. The largest absolute Gasteiger partial charge is 0.489 e. The maximum absolute atomic E-state index is 14.4. The fourth-order valence-corrected chi connectivity index (χ4v) is 7.85. The van der Waals surface area contributed by atoms with Gasteiger partial charge in [-0.2, -0.15) is 0 Å². The van der Waals surface area contributed by atoms with Crippen molar-refractivity contribution in [1.82, 2.24) is 13.5 Å². The van der Waals surface area contributed by atoms with Crippen LogP contribution in [0.5, 0.6) is 5.75 Å². The summed E-state index contributed by atoms with van der Waals surface area (Å²) in [5, 5.41) is 1.38. The maximum Gasteiger partial charge on any atom is 0.268 e. The molecule has 0 fully saturated rings. The van der Waals surface area contributed by atoms with Crippen molar-refractivity contribution in [3.63, 3.8) is 0 Å². The summed E-state index contributed by atoms with van der Waals surface area (Å²) >= 11 is 0. The molecule has 0 radical (unpaired) electrons. The van der Waals surface area contributed by atoms with Crippen molar-refractivity contribution in [2.24, 2.45) is 0 Å². The number of ketones is 1. The molecule has 0 bridgehead atoms. The normalized spacial score (nSPS) is 11.8. The second kappa shape index (κ2) is 13.1. The van der Waals surface area contributed by atoms with Crippen molar-refractivity contribution in [3.05, 3.63) is 174 Å². The van der Waals surface area contributed by atoms with E-state index in [1.165, 1.54) is 3.97 Å². The second-order valence-corrected chi connectivity index (χ2v) is 13.7. The summed E-state index contributed by atoms with van der Waals surface area (Å²) in [6, 6.07) is 44.0. The van der Waals surface area contributed by atoms with Gasteiger partial charge in [-0.25, -0.2) is 17.4 Å². The molecule has 50 heavy (non-hydrogen) atoms. The first-order valence-corrected chi connectivity index (χ1v) is 17.6. The monoisotopic (exact) mass is 677 g/mol. The minimum atomic E-state index is -4.08. The quantitative estimate of drug-likeness (QED) is 0.128. The molecular weight excluding hydrogens is 647 g/mol. The molecule has 8 aromatic rings. The summed E-state index contributed by atoms with van der Waals surface area (Å²) < 4.78 is 44.0. The Bertz CT molecular complexity index is 2580. The summed E-state index contributed by atoms with van der Waals surface area (Å²) in [5.41, 5.74) is 4.68. The molecule has 0 spiro atoms. The first-order valence-electron chi connectivity index (χ1n) is 16.1. The lowest BCUT2D eigenvalue weighted by molar-refractivity contribution is 0.0665. The summed E-state index contributed by atoms with van der Waals surface area (Å²) in [4.78, 5) is 19.2. The number of imidazole rings is 1. The average Bonchev–Trinajstić information content (AvgIpc) is 3.74. The number of hydrogen-bond donors (Lipinski definition) is 0. The standard InChI is InChI=1S/C41H31N3O5S/c45-41(31-20-22-32(23-21-31)49-26-30-14-6-2-7-15-30)35-24-37-38(40-39(35)42-27-43(40)28-48-25-29-12-4-1-5-13-29)34-18-10-11-19-36(34)44(37)50(46,47)33-16-8-3-9-17-33/h1-24,27H,25-26,28H2. The number of para-hydroxylation sites is 1. The molecule has 0 aliphatic rings. The average molecular weight is 678 g/mol. The predicted octanol–water partition coefficient (Wildman–Crippen LogP) is 8.37. The molecule has 0 aliphatic heterocycles. The number of carbonyl (C=O) groups excluding carboxylic acids is 1. The van der Waals surface area contributed by atoms with Gasteiger partial charge in [0, 0.05) is 16.3 Å². The van der Waals surface area contributed by atoms with Crippen LogP contribution in [0, 0.1) is 0 Å². The number of benzene rings is 6. The molecule has 8 rings (SSSR count). The van der Waals surface area contributed by atoms with E-state index in [9.17, 15) is 13.2 Å². The molecule has 0 atom stereocenters. The molecule has 8 nitrogen and oxygen atoms in total. The van der Waals surface area contributed by atoms with Gasteiger partial charge in [0.1, 0.15) is 24.6 Å². The van der Waals surface area contributed by atoms with E-state index in [4.69, 9.17) is 14.5 Å². The Morgan fingerprint density at radius 2 is 1.30 bits per heavy atom. The maximum atomic E-state index is 14.4. The third-order valence-corrected chi connectivity index (χ3v) is 10.5. The number of ether oxygens (including phenoxy) is 2. The van der Waals surface area contributed by atoms with Crippen molar-refractivity contribution in [2.75, 3.05) is 0 Å². The zero-order valence-corrected chi connectivity index (χ0v) is 27.7. The summed E-state index contributed by atoms with van der Waals surface area (Å²) in [5.74, 6) is 0.329. The molecule has 0 amide bonds. The Morgan fingerprint density at radius 3 is 2.00 bits per heavy atom. The van der Waals surface area contributed by atoms with Crippen LogP contribution in [0.25, 0.3) is 32.8 Å². The highest BCUT2D eigenvalue weighted by atomic mass is 32.2. The van der Waals surface area contributed by atoms with Crippen LogP contribution in [0.3, 0.4) is 0 Å². The molecular formula is C41H31N3O5S. The van der Waals surface area contributed by atoms with Gasteiger partial charge in [-0.1, -0.05) is 97.1 Å². The number of aromatic nitrogens is 3. The van der Waals surface area contributed by atoms with Crippen LogP contribution in [0.4, 0.5) is 0 Å². The molecule has 0 saturated carbocycles. The highest BCUT2D eigenvalue weighted by molar-refractivity contribution is 7.90. The molecule has 0 N–H and O–H groups in total. The smallest absolute Gasteiger partial charge is 0.268 e. The lowest BCUT2D eigenvalue weighted by atomic mass is 9.99. The van der Waals surface area contributed by atoms with Crippen LogP contribution in [0.1, 0.15) is 27.0 Å². The third kappa shape index (κ3) is 5.72. The first-order chi connectivity index (χ1) is 24.5. The first kappa shape index (κ1) is 31.3. The fraction of sp³-hybridized carbons (Fsp3) is 0.0732. The lowest BCUT2D eigenvalue weighted by Crippen LogP contribution is -2.13. The molecule has 0 aliphatic carbocycles. The highest BCUT2D eigenvalue weighted by Crippen LogP contribution is 2.39. The molecule has 0 saturated heterocycles. The van der Waals surface area contributed by atoms with E-state index in [2.05, 4.69) is 0 Å². The molecule has 2 heterocycles. The Morgan fingerprint density at radius 1 is 0.680 bits per heavy atom. The van der Waals surface area contributed by atoms with E-state index in [-0.39, 0.29) is 23.0 Å². The zero-order valence-electron chi connectivity index (χ0n) is 26.8. The van der Waals surface area contributed by atoms with Gasteiger partial charge in [-0.15, -0.1) is 0 Å². The number of rotatable bonds is 11. The van der Waals surface area contributed by atoms with Gasteiger partial charge in [0.25, 0.3) is 10.0 Å². The van der Waals surface area contributed by atoms with E-state index < -0.39 is 10.0 Å². The Kier molecular flexibility index (Phi) is 8.20. The molecule has 0 unspecified atom stereocenters. The Balaban J connectivity index is 1.27. The van der Waals surface area contributed by atoms with E-state index in [1.807, 2.05) is 83.4 Å². The van der Waals surface area contributed by atoms with Crippen LogP contribution >= 0.6 is 0 Å². The molecule has 6 aromatic carbocycles. The Hall–Kier alpha value is -6.03. The molecule has 2 aromatic heterocycles. The van der Waals surface area contributed by atoms with Gasteiger partial charge in [0.15, 0.2) is 5.78 Å². The highest BCUT2D eigenvalue weighted by Gasteiger charge is 2.28. The van der Waals surface area contributed by atoms with E-state index in [0.717, 1.165) is 16.5 Å². The van der Waals surface area contributed by atoms with E-state index in [0.29, 0.717) is 52.0 Å². The van der Waals surface area contributed by atoms with Crippen molar-refractivity contribution in [3.8, 4) is 5.75 Å². The Labute approximate surface area is 288 Å². The van der Waals surface area contributed by atoms with Gasteiger partial charge in [-0.3, -0.25) is 4.79 Å². The van der Waals surface area contributed by atoms with Crippen LogP contribution in [0.15, 0.2) is 157 Å². The van der Waals surface area contributed by atoms with E-state index in [1.54, 1.807) is 73.1 Å². The fourth-order valence-electron chi connectivity index (χ4n) is 6.32. The van der Waals surface area contributed by atoms with Crippen LogP contribution in [0.2, 0.25) is 0 Å². The summed E-state index contributed by atoms with van der Waals surface area (Å²) in [7, 11) is -4.08. The number of nitrogens with zero attached hydrogens (tertiary/aromatic N) is 3. The SMILES string of the molecule is O=C(c1ccc(OCc2ccccc2)cc1)c1cc2c(c3ccccc3n2S(=O)(=O)c2ccccc2)c2c1ncn2COCc1ccccc1. The lowest BCUT2D eigenvalue weighted by Gasteiger charge is -2.12. The topological polar surface area (TPSA) is 92.4 Å². The molecule has 9 heteroatoms. The summed E-state index contributed by atoms with van der Waals surface area (Å²) in [6.07, 6.45) is 1.64. The van der Waals surface area contributed by atoms with Gasteiger partial charge < -0.3 is 14.0 Å². The van der Waals surface area contributed by atoms with Gasteiger partial charge >= 0.3 is 0 Å². The second-order valence-electron chi connectivity index (χ2n) is 11.9. The van der Waals surface area contributed by atoms with Crippen LogP contribution in [-0.4, -0.2) is 27.7 Å². The number of hydrogen-bond acceptors (Lipinski definition) is 6. The van der Waals surface area contributed by atoms with E-state index >= 15 is 0 Å². The van der Waals surface area contributed by atoms with Crippen molar-refractivity contribution >= 4 is 48.6 Å². The number of fused-ring (bicyclic) bond motifs is 5. The van der Waals surface area contributed by atoms with Gasteiger partial charge in [0.05, 0.1) is 39.9 Å². The third-order valence-electron chi connectivity index (χ3n) is 8.71. The number of carbonyl (C=O) groups is 1.